The van der Waals surface area contributed by atoms with E-state index in [1.54, 1.807) is 0 Å². The van der Waals surface area contributed by atoms with Crippen LogP contribution in [-0.4, -0.2) is 17.5 Å². The zero-order valence-corrected chi connectivity index (χ0v) is 9.69. The van der Waals surface area contributed by atoms with Gasteiger partial charge in [0.1, 0.15) is 17.5 Å². The van der Waals surface area contributed by atoms with Crippen molar-refractivity contribution in [3.63, 3.8) is 0 Å². The first-order valence-electron chi connectivity index (χ1n) is 6.04. The monoisotopic (exact) mass is 244 g/mol. The maximum absolute atomic E-state index is 11.9. The second kappa shape index (κ2) is 3.23. The lowest BCUT2D eigenvalue weighted by atomic mass is 9.58. The summed E-state index contributed by atoms with van der Waals surface area (Å²) in [5.41, 5.74) is -1.76. The molecule has 0 radical (unpaired) electrons. The van der Waals surface area contributed by atoms with Gasteiger partial charge in [-0.05, 0) is 19.3 Å². The number of hydrogen-bond acceptors (Lipinski definition) is 4. The molecule has 92 valence electrons. The summed E-state index contributed by atoms with van der Waals surface area (Å²) in [5.74, 6) is -2.55. The van der Waals surface area contributed by atoms with Gasteiger partial charge in [-0.15, -0.1) is 0 Å². The van der Waals surface area contributed by atoms with E-state index >= 15 is 0 Å². The number of nitrogens with one attached hydrogen (secondary N) is 2. The molecule has 1 saturated carbocycles. The molecule has 2 N–H and O–H groups in total. The highest BCUT2D eigenvalue weighted by Crippen LogP contribution is 2.59. The van der Waals surface area contributed by atoms with Gasteiger partial charge < -0.3 is 10.6 Å². The summed E-state index contributed by atoms with van der Waals surface area (Å²) in [6, 6.07) is 4.00. The molecule has 0 spiro atoms. The number of rotatable bonds is 0. The molecule has 3 fully saturated rings. The molecule has 6 nitrogen and oxygen atoms in total. The minimum absolute atomic E-state index is 0.361. The molecule has 0 unspecified atom stereocenters. The van der Waals surface area contributed by atoms with Crippen molar-refractivity contribution in [3.8, 4) is 12.1 Å². The first kappa shape index (κ1) is 11.0. The minimum atomic E-state index is -0.915. The zero-order valence-electron chi connectivity index (χ0n) is 9.69. The summed E-state index contributed by atoms with van der Waals surface area (Å²) in [6.45, 7) is 0. The fourth-order valence-corrected chi connectivity index (χ4v) is 3.97. The van der Waals surface area contributed by atoms with Crippen molar-refractivity contribution in [1.82, 2.24) is 10.6 Å². The highest BCUT2D eigenvalue weighted by Gasteiger charge is 2.74. The van der Waals surface area contributed by atoms with E-state index in [4.69, 9.17) is 0 Å². The Bertz CT molecular complexity index is 491. The van der Waals surface area contributed by atoms with Crippen LogP contribution < -0.4 is 10.6 Å². The third-order valence-electron chi connectivity index (χ3n) is 4.67. The van der Waals surface area contributed by atoms with Crippen molar-refractivity contribution in [2.45, 2.75) is 31.3 Å². The number of carbonyl (C=O) groups excluding carboxylic acids is 2. The van der Waals surface area contributed by atoms with Crippen LogP contribution in [0.2, 0.25) is 0 Å². The van der Waals surface area contributed by atoms with Crippen molar-refractivity contribution < 1.29 is 9.59 Å². The number of amides is 2. The Morgan fingerprint density at radius 1 is 1.00 bits per heavy atom. The van der Waals surface area contributed by atoms with E-state index in [9.17, 15) is 20.1 Å². The summed E-state index contributed by atoms with van der Waals surface area (Å²) >= 11 is 0. The Kier molecular flexibility index (Phi) is 1.98. The maximum Gasteiger partial charge on any atom is 0.239 e. The van der Waals surface area contributed by atoms with Gasteiger partial charge in [0.15, 0.2) is 0 Å². The zero-order chi connectivity index (χ0) is 13.0. The van der Waals surface area contributed by atoms with Gasteiger partial charge in [0, 0.05) is 0 Å². The quantitative estimate of drug-likeness (QED) is 0.614. The van der Waals surface area contributed by atoms with Gasteiger partial charge in [-0.25, -0.2) is 0 Å². The molecule has 3 rings (SSSR count). The molecule has 1 aliphatic carbocycles. The highest BCUT2D eigenvalue weighted by atomic mass is 16.2. The number of nitriles is 2. The van der Waals surface area contributed by atoms with Crippen LogP contribution in [0.3, 0.4) is 0 Å². The van der Waals surface area contributed by atoms with E-state index < -0.39 is 22.9 Å². The maximum atomic E-state index is 11.9. The third-order valence-corrected chi connectivity index (χ3v) is 4.67. The largest absolute Gasteiger partial charge is 0.332 e. The molecule has 0 bridgehead atoms. The first-order chi connectivity index (χ1) is 8.61. The standard InChI is InChI=1S/C12H12N4O2/c13-5-7-9(17)15-12-4-2-1-3-11(7,12)8(6-14)10(18)16-12/h7-8H,1-4H2,(H,15,17)(H,16,18)/t7-,8-,11?,12?/m1/s1. The molecular weight excluding hydrogens is 232 g/mol. The Morgan fingerprint density at radius 3 is 2.00 bits per heavy atom. The van der Waals surface area contributed by atoms with E-state index in [0.717, 1.165) is 12.8 Å². The summed E-state index contributed by atoms with van der Waals surface area (Å²) in [6.07, 6.45) is 2.86. The van der Waals surface area contributed by atoms with Crippen molar-refractivity contribution in [2.24, 2.45) is 17.3 Å². The Labute approximate surface area is 104 Å². The molecule has 2 aliphatic heterocycles. The molecule has 0 aromatic carbocycles. The average molecular weight is 244 g/mol. The lowest BCUT2D eigenvalue weighted by molar-refractivity contribution is -0.126. The molecule has 18 heavy (non-hydrogen) atoms. The number of nitrogens with zero attached hydrogens (tertiary/aromatic N) is 2. The molecule has 0 aromatic heterocycles. The van der Waals surface area contributed by atoms with Crippen molar-refractivity contribution in [3.05, 3.63) is 0 Å². The minimum Gasteiger partial charge on any atom is -0.332 e. The van der Waals surface area contributed by atoms with Crippen molar-refractivity contribution in [2.75, 3.05) is 0 Å². The Balaban J connectivity index is 2.23. The van der Waals surface area contributed by atoms with Gasteiger partial charge >= 0.3 is 0 Å². The third kappa shape index (κ3) is 0.932. The van der Waals surface area contributed by atoms with Gasteiger partial charge in [-0.1, -0.05) is 6.42 Å². The van der Waals surface area contributed by atoms with Crippen LogP contribution in [-0.2, 0) is 9.59 Å². The van der Waals surface area contributed by atoms with Crippen LogP contribution in [0.15, 0.2) is 0 Å². The number of carbonyl (C=O) groups is 2. The van der Waals surface area contributed by atoms with Gasteiger partial charge in [0.2, 0.25) is 11.8 Å². The Hall–Kier alpha value is -2.08. The molecule has 2 heterocycles. The SMILES string of the molecule is N#C[C@@H]1C(=O)NC23CCCCC12[C@H](C#N)C(=O)N3. The molecular formula is C12H12N4O2. The topological polar surface area (TPSA) is 106 Å². The van der Waals surface area contributed by atoms with Crippen molar-refractivity contribution in [1.29, 1.82) is 10.5 Å². The van der Waals surface area contributed by atoms with E-state index in [2.05, 4.69) is 10.6 Å². The van der Waals surface area contributed by atoms with E-state index in [1.807, 2.05) is 12.1 Å². The van der Waals surface area contributed by atoms with Crippen LogP contribution in [0, 0.1) is 39.9 Å². The summed E-state index contributed by atoms with van der Waals surface area (Å²) < 4.78 is 0. The van der Waals surface area contributed by atoms with Crippen LogP contribution in [0.4, 0.5) is 0 Å². The second-order valence-electron chi connectivity index (χ2n) is 5.26. The second-order valence-corrected chi connectivity index (χ2v) is 5.26. The average Bonchev–Trinajstić information content (AvgIpc) is 2.71. The van der Waals surface area contributed by atoms with Gasteiger partial charge in [0.05, 0.1) is 17.6 Å². The van der Waals surface area contributed by atoms with Crippen LogP contribution in [0.1, 0.15) is 25.7 Å². The van der Waals surface area contributed by atoms with Crippen molar-refractivity contribution >= 4 is 11.8 Å². The van der Waals surface area contributed by atoms with Gasteiger partial charge in [-0.2, -0.15) is 10.5 Å². The number of hydrogen-bond donors (Lipinski definition) is 2. The summed E-state index contributed by atoms with van der Waals surface area (Å²) in [7, 11) is 0. The lowest BCUT2D eigenvalue weighted by Gasteiger charge is -2.44. The highest BCUT2D eigenvalue weighted by molar-refractivity contribution is 5.95. The molecule has 2 atom stereocenters. The van der Waals surface area contributed by atoms with E-state index in [0.29, 0.717) is 12.8 Å². The van der Waals surface area contributed by atoms with Crippen LogP contribution in [0.5, 0.6) is 0 Å². The summed E-state index contributed by atoms with van der Waals surface area (Å²) in [4.78, 5) is 23.9. The molecule has 0 aromatic rings. The van der Waals surface area contributed by atoms with E-state index in [1.165, 1.54) is 0 Å². The molecule has 2 saturated heterocycles. The van der Waals surface area contributed by atoms with Crippen LogP contribution >= 0.6 is 0 Å². The Morgan fingerprint density at radius 2 is 1.50 bits per heavy atom. The predicted octanol–water partition coefficient (Wildman–Crippen LogP) is -0.218. The fourth-order valence-electron chi connectivity index (χ4n) is 3.97. The predicted molar refractivity (Wildman–Crippen MR) is 58.1 cm³/mol. The first-order valence-corrected chi connectivity index (χ1v) is 6.04. The van der Waals surface area contributed by atoms with Crippen LogP contribution in [0.25, 0.3) is 0 Å². The lowest BCUT2D eigenvalue weighted by Crippen LogP contribution is -2.60. The summed E-state index contributed by atoms with van der Waals surface area (Å²) in [5, 5.41) is 24.1. The smallest absolute Gasteiger partial charge is 0.239 e. The van der Waals surface area contributed by atoms with E-state index in [-0.39, 0.29) is 11.8 Å². The molecule has 2 amide bonds. The molecule has 6 heteroatoms. The molecule has 3 aliphatic rings. The fraction of sp³-hybridized carbons (Fsp3) is 0.667. The van der Waals surface area contributed by atoms with Gasteiger partial charge in [-0.3, -0.25) is 9.59 Å². The normalized spacial score (nSPS) is 45.2. The van der Waals surface area contributed by atoms with Gasteiger partial charge in [0.25, 0.3) is 0 Å².